The van der Waals surface area contributed by atoms with E-state index in [4.69, 9.17) is 4.74 Å². The summed E-state index contributed by atoms with van der Waals surface area (Å²) in [6.45, 7) is 3.77. The summed E-state index contributed by atoms with van der Waals surface area (Å²) in [4.78, 5) is 10.8. The first-order chi connectivity index (χ1) is 6.65. The molecule has 0 atom stereocenters. The van der Waals surface area contributed by atoms with Crippen molar-refractivity contribution in [1.29, 1.82) is 0 Å². The van der Waals surface area contributed by atoms with Gasteiger partial charge in [-0.15, -0.1) is 0 Å². The highest BCUT2D eigenvalue weighted by atomic mass is 16.5. The van der Waals surface area contributed by atoms with Gasteiger partial charge in [-0.05, 0) is 31.2 Å². The minimum Gasteiger partial charge on any atom is -0.494 e. The second-order valence-corrected chi connectivity index (χ2v) is 2.76. The molecule has 0 bridgehead atoms. The van der Waals surface area contributed by atoms with Crippen molar-refractivity contribution in [2.45, 2.75) is 13.8 Å². The maximum atomic E-state index is 10.8. The van der Waals surface area contributed by atoms with Gasteiger partial charge in [-0.1, -0.05) is 0 Å². The van der Waals surface area contributed by atoms with Gasteiger partial charge in [-0.2, -0.15) is 5.06 Å². The van der Waals surface area contributed by atoms with E-state index in [-0.39, 0.29) is 0 Å². The molecule has 1 rings (SSSR count). The highest BCUT2D eigenvalue weighted by molar-refractivity contribution is 5.88. The highest BCUT2D eigenvalue weighted by Gasteiger charge is 2.06. The first kappa shape index (κ1) is 10.5. The fourth-order valence-corrected chi connectivity index (χ4v) is 1.03. The molecule has 0 fully saturated rings. The number of hydrogen-bond donors (Lipinski definition) is 1. The van der Waals surface area contributed by atoms with Gasteiger partial charge in [-0.3, -0.25) is 10.0 Å². The van der Waals surface area contributed by atoms with Crippen LogP contribution in [0.4, 0.5) is 5.69 Å². The Bertz CT molecular complexity index is 308. The normalized spacial score (nSPS) is 9.64. The van der Waals surface area contributed by atoms with Crippen molar-refractivity contribution in [1.82, 2.24) is 0 Å². The van der Waals surface area contributed by atoms with Gasteiger partial charge >= 0.3 is 0 Å². The average molecular weight is 195 g/mol. The number of rotatable bonds is 3. The Hall–Kier alpha value is -1.55. The molecule has 0 aromatic heterocycles. The van der Waals surface area contributed by atoms with Crippen molar-refractivity contribution in [3.63, 3.8) is 0 Å². The van der Waals surface area contributed by atoms with Crippen LogP contribution in [0.15, 0.2) is 24.3 Å². The zero-order chi connectivity index (χ0) is 10.6. The zero-order valence-electron chi connectivity index (χ0n) is 8.23. The van der Waals surface area contributed by atoms with Gasteiger partial charge in [0, 0.05) is 6.92 Å². The Kier molecular flexibility index (Phi) is 3.48. The zero-order valence-corrected chi connectivity index (χ0v) is 8.23. The minimum atomic E-state index is -0.422. The van der Waals surface area contributed by atoms with Crippen molar-refractivity contribution in [3.8, 4) is 5.75 Å². The molecule has 76 valence electrons. The van der Waals surface area contributed by atoms with Crippen molar-refractivity contribution < 1.29 is 14.7 Å². The number of amides is 1. The molecule has 0 aliphatic carbocycles. The topological polar surface area (TPSA) is 49.8 Å². The van der Waals surface area contributed by atoms with E-state index in [1.807, 2.05) is 6.92 Å². The van der Waals surface area contributed by atoms with Crippen molar-refractivity contribution in [3.05, 3.63) is 24.3 Å². The van der Waals surface area contributed by atoms with E-state index in [9.17, 15) is 10.0 Å². The quantitative estimate of drug-likeness (QED) is 0.591. The number of benzene rings is 1. The molecule has 0 aliphatic heterocycles. The van der Waals surface area contributed by atoms with E-state index in [0.29, 0.717) is 23.1 Å². The SMILES string of the molecule is CCOc1ccc(N(O)C(C)=O)cc1. The second-order valence-electron chi connectivity index (χ2n) is 2.76. The third-order valence-electron chi connectivity index (χ3n) is 1.69. The third-order valence-corrected chi connectivity index (χ3v) is 1.69. The van der Waals surface area contributed by atoms with Crippen LogP contribution in [0.2, 0.25) is 0 Å². The fraction of sp³-hybridized carbons (Fsp3) is 0.300. The number of ether oxygens (including phenoxy) is 1. The van der Waals surface area contributed by atoms with Crippen LogP contribution >= 0.6 is 0 Å². The molecule has 0 unspecified atom stereocenters. The number of carbonyl (C=O) groups is 1. The Morgan fingerprint density at radius 2 is 2.00 bits per heavy atom. The van der Waals surface area contributed by atoms with Crippen molar-refractivity contribution in [2.75, 3.05) is 11.7 Å². The molecule has 0 radical (unpaired) electrons. The molecule has 0 aliphatic rings. The first-order valence-electron chi connectivity index (χ1n) is 4.37. The predicted molar refractivity (Wildman–Crippen MR) is 52.6 cm³/mol. The van der Waals surface area contributed by atoms with Gasteiger partial charge in [0.25, 0.3) is 0 Å². The van der Waals surface area contributed by atoms with Gasteiger partial charge in [0.2, 0.25) is 5.91 Å². The smallest absolute Gasteiger partial charge is 0.247 e. The van der Waals surface area contributed by atoms with Crippen molar-refractivity contribution >= 4 is 11.6 Å². The predicted octanol–water partition coefficient (Wildman–Crippen LogP) is 1.83. The summed E-state index contributed by atoms with van der Waals surface area (Å²) in [5.41, 5.74) is 0.431. The van der Waals surface area contributed by atoms with Gasteiger partial charge in [0.05, 0.1) is 12.3 Å². The molecule has 4 nitrogen and oxygen atoms in total. The monoisotopic (exact) mass is 195 g/mol. The van der Waals surface area contributed by atoms with E-state index in [1.165, 1.54) is 6.92 Å². The number of anilines is 1. The van der Waals surface area contributed by atoms with Crippen LogP contribution in [0.3, 0.4) is 0 Å². The van der Waals surface area contributed by atoms with Crippen LogP contribution < -0.4 is 9.80 Å². The molecular weight excluding hydrogens is 182 g/mol. The molecule has 4 heteroatoms. The van der Waals surface area contributed by atoms with E-state index in [0.717, 1.165) is 0 Å². The lowest BCUT2D eigenvalue weighted by Crippen LogP contribution is -2.23. The molecule has 14 heavy (non-hydrogen) atoms. The Labute approximate surface area is 82.7 Å². The van der Waals surface area contributed by atoms with Gasteiger partial charge < -0.3 is 4.74 Å². The number of carbonyl (C=O) groups excluding carboxylic acids is 1. The number of hydroxylamine groups is 1. The standard InChI is InChI=1S/C10H13NO3/c1-3-14-10-6-4-9(5-7-10)11(13)8(2)12/h4-7,13H,3H2,1-2H3. The minimum absolute atomic E-state index is 0.422. The van der Waals surface area contributed by atoms with Crippen LogP contribution in [-0.2, 0) is 4.79 Å². The Balaban J connectivity index is 2.77. The van der Waals surface area contributed by atoms with Crippen LogP contribution in [0, 0.1) is 0 Å². The summed E-state index contributed by atoms with van der Waals surface area (Å²) < 4.78 is 5.22. The molecule has 1 amide bonds. The van der Waals surface area contributed by atoms with E-state index in [2.05, 4.69) is 0 Å². The van der Waals surface area contributed by atoms with Crippen LogP contribution in [0.25, 0.3) is 0 Å². The third kappa shape index (κ3) is 2.47. The number of nitrogens with zero attached hydrogens (tertiary/aromatic N) is 1. The summed E-state index contributed by atoms with van der Waals surface area (Å²) in [6.07, 6.45) is 0. The van der Waals surface area contributed by atoms with E-state index in [1.54, 1.807) is 24.3 Å². The van der Waals surface area contributed by atoms with Crippen molar-refractivity contribution in [2.24, 2.45) is 0 Å². The van der Waals surface area contributed by atoms with Crippen LogP contribution in [0.5, 0.6) is 5.75 Å². The summed E-state index contributed by atoms with van der Waals surface area (Å²) in [6, 6.07) is 6.63. The summed E-state index contributed by atoms with van der Waals surface area (Å²) in [5, 5.41) is 9.85. The Morgan fingerprint density at radius 3 is 2.43 bits per heavy atom. The van der Waals surface area contributed by atoms with Crippen LogP contribution in [0.1, 0.15) is 13.8 Å². The van der Waals surface area contributed by atoms with Gasteiger partial charge in [0.15, 0.2) is 0 Å². The Morgan fingerprint density at radius 1 is 1.43 bits per heavy atom. The van der Waals surface area contributed by atoms with E-state index < -0.39 is 5.91 Å². The summed E-state index contributed by atoms with van der Waals surface area (Å²) in [7, 11) is 0. The lowest BCUT2D eigenvalue weighted by atomic mass is 10.3. The molecule has 1 N–H and O–H groups in total. The maximum Gasteiger partial charge on any atom is 0.247 e. The molecule has 0 saturated carbocycles. The molecule has 1 aromatic rings. The van der Waals surface area contributed by atoms with Gasteiger partial charge in [-0.25, -0.2) is 0 Å². The lowest BCUT2D eigenvalue weighted by Gasteiger charge is -2.12. The first-order valence-corrected chi connectivity index (χ1v) is 4.37. The van der Waals surface area contributed by atoms with E-state index >= 15 is 0 Å². The molecule has 0 spiro atoms. The van der Waals surface area contributed by atoms with Gasteiger partial charge in [0.1, 0.15) is 5.75 Å². The summed E-state index contributed by atoms with van der Waals surface area (Å²) in [5.74, 6) is 0.294. The highest BCUT2D eigenvalue weighted by Crippen LogP contribution is 2.18. The largest absolute Gasteiger partial charge is 0.494 e. The molecule has 1 aromatic carbocycles. The average Bonchev–Trinajstić information content (AvgIpc) is 2.18. The maximum absolute atomic E-state index is 10.8. The fourth-order valence-electron chi connectivity index (χ4n) is 1.03. The second kappa shape index (κ2) is 4.62. The number of hydrogen-bond acceptors (Lipinski definition) is 3. The lowest BCUT2D eigenvalue weighted by molar-refractivity contribution is -0.121. The molecule has 0 heterocycles. The molecular formula is C10H13NO3. The van der Waals surface area contributed by atoms with Crippen LogP contribution in [-0.4, -0.2) is 17.7 Å². The molecule has 0 saturated heterocycles. The summed E-state index contributed by atoms with van der Waals surface area (Å²) >= 11 is 0.